The Hall–Kier alpha value is -1.69. The SMILES string of the molecule is Cc1nc2c(n1C1CC(=O)N(C)C1=O)CCNC2. The van der Waals surface area contributed by atoms with Gasteiger partial charge >= 0.3 is 0 Å². The van der Waals surface area contributed by atoms with Crippen molar-refractivity contribution in [1.29, 1.82) is 0 Å². The Morgan fingerprint density at radius 2 is 2.17 bits per heavy atom. The highest BCUT2D eigenvalue weighted by Crippen LogP contribution is 2.28. The number of aryl methyl sites for hydroxylation is 1. The number of hydrogen-bond donors (Lipinski definition) is 1. The van der Waals surface area contributed by atoms with E-state index in [-0.39, 0.29) is 18.2 Å². The van der Waals surface area contributed by atoms with Crippen molar-refractivity contribution in [3.63, 3.8) is 0 Å². The number of likely N-dealkylation sites (tertiary alicyclic amines) is 1. The number of likely N-dealkylation sites (N-methyl/N-ethyl adjacent to an activating group) is 1. The van der Waals surface area contributed by atoms with E-state index in [0.717, 1.165) is 36.7 Å². The molecule has 2 aliphatic rings. The third-order valence-corrected chi connectivity index (χ3v) is 3.77. The highest BCUT2D eigenvalue weighted by atomic mass is 16.2. The van der Waals surface area contributed by atoms with Crippen molar-refractivity contribution < 1.29 is 9.59 Å². The molecule has 2 aliphatic heterocycles. The molecule has 3 heterocycles. The first kappa shape index (κ1) is 11.4. The number of carbonyl (C=O) groups is 2. The van der Waals surface area contributed by atoms with Gasteiger partial charge in [0, 0.05) is 32.3 Å². The molecule has 1 atom stereocenters. The minimum atomic E-state index is -0.392. The summed E-state index contributed by atoms with van der Waals surface area (Å²) in [6.07, 6.45) is 1.12. The van der Waals surface area contributed by atoms with Crippen LogP contribution in [0.3, 0.4) is 0 Å². The van der Waals surface area contributed by atoms with Crippen LogP contribution in [-0.4, -0.2) is 39.9 Å². The van der Waals surface area contributed by atoms with Gasteiger partial charge in [0.15, 0.2) is 0 Å². The Morgan fingerprint density at radius 1 is 1.39 bits per heavy atom. The lowest BCUT2D eigenvalue weighted by molar-refractivity contribution is -0.137. The minimum Gasteiger partial charge on any atom is -0.319 e. The van der Waals surface area contributed by atoms with Crippen molar-refractivity contribution in [2.45, 2.75) is 32.4 Å². The van der Waals surface area contributed by atoms with Crippen molar-refractivity contribution in [1.82, 2.24) is 19.8 Å². The Kier molecular flexibility index (Phi) is 2.48. The molecule has 0 radical (unpaired) electrons. The van der Waals surface area contributed by atoms with E-state index in [4.69, 9.17) is 0 Å². The maximum Gasteiger partial charge on any atom is 0.252 e. The Bertz CT molecular complexity index is 534. The van der Waals surface area contributed by atoms with E-state index < -0.39 is 6.04 Å². The fourth-order valence-corrected chi connectivity index (χ4v) is 2.82. The standard InChI is InChI=1S/C12H16N4O2/c1-7-14-8-6-13-4-3-9(8)16(7)10-5-11(17)15(2)12(10)18/h10,13H,3-6H2,1-2H3. The van der Waals surface area contributed by atoms with E-state index >= 15 is 0 Å². The van der Waals surface area contributed by atoms with E-state index in [0.29, 0.717) is 0 Å². The smallest absolute Gasteiger partial charge is 0.252 e. The third-order valence-electron chi connectivity index (χ3n) is 3.77. The number of hydrogen-bond acceptors (Lipinski definition) is 4. The molecule has 1 unspecified atom stereocenters. The summed E-state index contributed by atoms with van der Waals surface area (Å²) in [5, 5.41) is 3.26. The summed E-state index contributed by atoms with van der Waals surface area (Å²) in [5.41, 5.74) is 2.11. The summed E-state index contributed by atoms with van der Waals surface area (Å²) in [4.78, 5) is 29.4. The van der Waals surface area contributed by atoms with Gasteiger partial charge in [0.05, 0.1) is 12.1 Å². The van der Waals surface area contributed by atoms with Crippen LogP contribution in [0, 0.1) is 6.92 Å². The van der Waals surface area contributed by atoms with Gasteiger partial charge < -0.3 is 9.88 Å². The first-order valence-electron chi connectivity index (χ1n) is 6.17. The van der Waals surface area contributed by atoms with E-state index in [1.54, 1.807) is 7.05 Å². The Morgan fingerprint density at radius 3 is 2.83 bits per heavy atom. The van der Waals surface area contributed by atoms with Crippen LogP contribution in [0.25, 0.3) is 0 Å². The van der Waals surface area contributed by atoms with Crippen LogP contribution in [0.2, 0.25) is 0 Å². The quantitative estimate of drug-likeness (QED) is 0.697. The van der Waals surface area contributed by atoms with Crippen LogP contribution in [0.5, 0.6) is 0 Å². The largest absolute Gasteiger partial charge is 0.319 e. The molecule has 3 rings (SSSR count). The van der Waals surface area contributed by atoms with Gasteiger partial charge in [-0.3, -0.25) is 14.5 Å². The lowest BCUT2D eigenvalue weighted by Gasteiger charge is -2.19. The van der Waals surface area contributed by atoms with Crippen molar-refractivity contribution in [3.05, 3.63) is 17.2 Å². The van der Waals surface area contributed by atoms with Crippen LogP contribution in [0.15, 0.2) is 0 Å². The van der Waals surface area contributed by atoms with E-state index in [1.165, 1.54) is 4.90 Å². The van der Waals surface area contributed by atoms with Crippen molar-refractivity contribution in [2.75, 3.05) is 13.6 Å². The summed E-state index contributed by atoms with van der Waals surface area (Å²) >= 11 is 0. The van der Waals surface area contributed by atoms with Crippen LogP contribution in [0.1, 0.15) is 29.7 Å². The molecule has 6 heteroatoms. The van der Waals surface area contributed by atoms with Gasteiger partial charge in [-0.2, -0.15) is 0 Å². The molecule has 0 bridgehead atoms. The average Bonchev–Trinajstić information content (AvgIpc) is 2.80. The maximum atomic E-state index is 12.1. The van der Waals surface area contributed by atoms with Gasteiger partial charge in [-0.15, -0.1) is 0 Å². The number of aromatic nitrogens is 2. The Labute approximate surface area is 105 Å². The topological polar surface area (TPSA) is 67.2 Å². The molecule has 1 aromatic rings. The number of nitrogens with one attached hydrogen (secondary N) is 1. The molecule has 1 fully saturated rings. The van der Waals surface area contributed by atoms with Crippen molar-refractivity contribution >= 4 is 11.8 Å². The molecular formula is C12H16N4O2. The second kappa shape index (κ2) is 3.91. The van der Waals surface area contributed by atoms with Gasteiger partial charge in [0.25, 0.3) is 5.91 Å². The number of imide groups is 1. The predicted octanol–water partition coefficient (Wildman–Crippen LogP) is -0.233. The molecule has 0 saturated carbocycles. The van der Waals surface area contributed by atoms with Gasteiger partial charge in [-0.25, -0.2) is 4.98 Å². The van der Waals surface area contributed by atoms with Gasteiger partial charge in [0.1, 0.15) is 11.9 Å². The molecule has 0 aliphatic carbocycles. The van der Waals surface area contributed by atoms with Crippen LogP contribution < -0.4 is 5.32 Å². The average molecular weight is 248 g/mol. The first-order chi connectivity index (χ1) is 8.59. The number of nitrogens with zero attached hydrogens (tertiary/aromatic N) is 3. The number of carbonyl (C=O) groups excluding carboxylic acids is 2. The van der Waals surface area contributed by atoms with Gasteiger partial charge in [-0.05, 0) is 6.92 Å². The number of fused-ring (bicyclic) bond motifs is 1. The number of amides is 2. The fraction of sp³-hybridized carbons (Fsp3) is 0.583. The molecule has 0 aromatic carbocycles. The summed E-state index contributed by atoms with van der Waals surface area (Å²) < 4.78 is 1.96. The summed E-state index contributed by atoms with van der Waals surface area (Å²) in [5.74, 6) is 0.591. The molecule has 1 aromatic heterocycles. The number of imidazole rings is 1. The molecule has 96 valence electrons. The zero-order valence-electron chi connectivity index (χ0n) is 10.6. The van der Waals surface area contributed by atoms with Crippen LogP contribution >= 0.6 is 0 Å². The van der Waals surface area contributed by atoms with Crippen molar-refractivity contribution in [2.24, 2.45) is 0 Å². The molecular weight excluding hydrogens is 232 g/mol. The molecule has 6 nitrogen and oxygen atoms in total. The highest BCUT2D eigenvalue weighted by molar-refractivity contribution is 6.04. The number of rotatable bonds is 1. The predicted molar refractivity (Wildman–Crippen MR) is 63.8 cm³/mol. The molecule has 0 spiro atoms. The Balaban J connectivity index is 2.05. The zero-order valence-corrected chi connectivity index (χ0v) is 10.6. The summed E-state index contributed by atoms with van der Waals surface area (Å²) in [6.45, 7) is 3.53. The highest BCUT2D eigenvalue weighted by Gasteiger charge is 2.39. The minimum absolute atomic E-state index is 0.110. The lowest BCUT2D eigenvalue weighted by atomic mass is 10.1. The fourth-order valence-electron chi connectivity index (χ4n) is 2.82. The van der Waals surface area contributed by atoms with Crippen molar-refractivity contribution in [3.8, 4) is 0 Å². The van der Waals surface area contributed by atoms with Crippen LogP contribution in [-0.2, 0) is 22.6 Å². The second-order valence-corrected chi connectivity index (χ2v) is 4.86. The van der Waals surface area contributed by atoms with Gasteiger partial charge in [-0.1, -0.05) is 0 Å². The maximum absolute atomic E-state index is 12.1. The molecule has 2 amide bonds. The zero-order chi connectivity index (χ0) is 12.9. The normalized spacial score (nSPS) is 23.7. The molecule has 1 N–H and O–H groups in total. The summed E-state index contributed by atoms with van der Waals surface area (Å²) in [6, 6.07) is -0.392. The van der Waals surface area contributed by atoms with E-state index in [1.807, 2.05) is 11.5 Å². The monoisotopic (exact) mass is 248 g/mol. The molecule has 18 heavy (non-hydrogen) atoms. The lowest BCUT2D eigenvalue weighted by Crippen LogP contribution is -2.29. The van der Waals surface area contributed by atoms with Gasteiger partial charge in [0.2, 0.25) is 5.91 Å². The summed E-state index contributed by atoms with van der Waals surface area (Å²) in [7, 11) is 1.55. The molecule has 1 saturated heterocycles. The van der Waals surface area contributed by atoms with E-state index in [9.17, 15) is 9.59 Å². The third kappa shape index (κ3) is 1.49. The second-order valence-electron chi connectivity index (χ2n) is 4.86. The van der Waals surface area contributed by atoms with E-state index in [2.05, 4.69) is 10.3 Å². The van der Waals surface area contributed by atoms with Crippen LogP contribution in [0.4, 0.5) is 0 Å². The first-order valence-corrected chi connectivity index (χ1v) is 6.17.